The molecule has 2 N–H and O–H groups in total. The van der Waals surface area contributed by atoms with Crippen LogP contribution >= 0.6 is 0 Å². The molecule has 0 saturated carbocycles. The number of alkyl carbamates (subject to hydrolysis) is 1. The SMILES string of the molecule is CC(C)(C)OC(=O)NC(Cc1ccccc1)c1cccc(CO)c1. The Balaban J connectivity index is 2.22. The third-order valence-corrected chi connectivity index (χ3v) is 3.51. The zero-order valence-electron chi connectivity index (χ0n) is 14.5. The molecule has 0 heterocycles. The molecule has 0 aromatic heterocycles. The van der Waals surface area contributed by atoms with Gasteiger partial charge < -0.3 is 15.2 Å². The fourth-order valence-corrected chi connectivity index (χ4v) is 2.46. The van der Waals surface area contributed by atoms with Crippen molar-refractivity contribution in [3.05, 3.63) is 71.3 Å². The molecule has 0 aliphatic carbocycles. The van der Waals surface area contributed by atoms with Gasteiger partial charge in [-0.15, -0.1) is 0 Å². The minimum Gasteiger partial charge on any atom is -0.444 e. The highest BCUT2D eigenvalue weighted by atomic mass is 16.6. The maximum atomic E-state index is 12.2. The van der Waals surface area contributed by atoms with E-state index in [-0.39, 0.29) is 12.6 Å². The van der Waals surface area contributed by atoms with Crippen molar-refractivity contribution >= 4 is 6.09 Å². The molecule has 2 aromatic carbocycles. The molecule has 0 fully saturated rings. The van der Waals surface area contributed by atoms with E-state index in [2.05, 4.69) is 5.32 Å². The summed E-state index contributed by atoms with van der Waals surface area (Å²) < 4.78 is 5.38. The second-order valence-corrected chi connectivity index (χ2v) is 6.79. The van der Waals surface area contributed by atoms with Crippen LogP contribution in [0, 0.1) is 0 Å². The lowest BCUT2D eigenvalue weighted by Gasteiger charge is -2.24. The molecule has 0 aliphatic rings. The minimum atomic E-state index is -0.547. The molecule has 2 rings (SSSR count). The van der Waals surface area contributed by atoms with E-state index in [1.54, 1.807) is 0 Å². The lowest BCUT2D eigenvalue weighted by Crippen LogP contribution is -2.35. The molecule has 24 heavy (non-hydrogen) atoms. The van der Waals surface area contributed by atoms with E-state index in [1.807, 2.05) is 75.4 Å². The van der Waals surface area contributed by atoms with Gasteiger partial charge in [-0.1, -0.05) is 54.6 Å². The predicted octanol–water partition coefficient (Wildman–Crippen LogP) is 3.99. The summed E-state index contributed by atoms with van der Waals surface area (Å²) in [7, 11) is 0. The molecular weight excluding hydrogens is 302 g/mol. The number of amides is 1. The first-order valence-electron chi connectivity index (χ1n) is 8.10. The van der Waals surface area contributed by atoms with E-state index >= 15 is 0 Å². The van der Waals surface area contributed by atoms with Gasteiger partial charge in [0.2, 0.25) is 0 Å². The van der Waals surface area contributed by atoms with Crippen molar-refractivity contribution in [2.75, 3.05) is 0 Å². The summed E-state index contributed by atoms with van der Waals surface area (Å²) in [5, 5.41) is 12.3. The molecule has 128 valence electrons. The van der Waals surface area contributed by atoms with Crippen LogP contribution in [0.15, 0.2) is 54.6 Å². The van der Waals surface area contributed by atoms with Gasteiger partial charge in [0.25, 0.3) is 0 Å². The van der Waals surface area contributed by atoms with Crippen LogP contribution in [0.4, 0.5) is 4.79 Å². The van der Waals surface area contributed by atoms with Crippen LogP contribution in [0.25, 0.3) is 0 Å². The van der Waals surface area contributed by atoms with E-state index in [1.165, 1.54) is 0 Å². The van der Waals surface area contributed by atoms with Crippen LogP contribution in [0.1, 0.15) is 43.5 Å². The van der Waals surface area contributed by atoms with E-state index in [9.17, 15) is 9.90 Å². The second-order valence-electron chi connectivity index (χ2n) is 6.79. The number of hydrogen-bond acceptors (Lipinski definition) is 3. The predicted molar refractivity (Wildman–Crippen MR) is 94.6 cm³/mol. The quantitative estimate of drug-likeness (QED) is 0.873. The first-order chi connectivity index (χ1) is 11.4. The Morgan fingerprint density at radius 2 is 1.75 bits per heavy atom. The molecule has 0 radical (unpaired) electrons. The van der Waals surface area contributed by atoms with Gasteiger partial charge >= 0.3 is 6.09 Å². The number of aliphatic hydroxyl groups excluding tert-OH is 1. The number of carbonyl (C=O) groups excluding carboxylic acids is 1. The van der Waals surface area contributed by atoms with Crippen LogP contribution in [0.5, 0.6) is 0 Å². The molecule has 0 bridgehead atoms. The third-order valence-electron chi connectivity index (χ3n) is 3.51. The Labute approximate surface area is 143 Å². The van der Waals surface area contributed by atoms with E-state index in [0.29, 0.717) is 6.42 Å². The summed E-state index contributed by atoms with van der Waals surface area (Å²) >= 11 is 0. The molecule has 0 saturated heterocycles. The third kappa shape index (κ3) is 5.70. The summed E-state index contributed by atoms with van der Waals surface area (Å²) in [5.74, 6) is 0. The standard InChI is InChI=1S/C20H25NO3/c1-20(2,3)24-19(23)21-18(13-15-8-5-4-6-9-15)17-11-7-10-16(12-17)14-22/h4-12,18,22H,13-14H2,1-3H3,(H,21,23). The van der Waals surface area contributed by atoms with Gasteiger partial charge in [0.05, 0.1) is 12.6 Å². The molecule has 1 atom stereocenters. The average molecular weight is 327 g/mol. The maximum absolute atomic E-state index is 12.2. The normalized spacial score (nSPS) is 12.5. The Bertz CT molecular complexity index is 662. The van der Waals surface area contributed by atoms with Gasteiger partial charge in [-0.25, -0.2) is 4.79 Å². The zero-order chi connectivity index (χ0) is 17.6. The molecule has 0 aliphatic heterocycles. The van der Waals surface area contributed by atoms with Crippen molar-refractivity contribution in [2.24, 2.45) is 0 Å². The van der Waals surface area contributed by atoms with Gasteiger partial charge in [-0.2, -0.15) is 0 Å². The number of nitrogens with one attached hydrogen (secondary N) is 1. The number of hydrogen-bond donors (Lipinski definition) is 2. The lowest BCUT2D eigenvalue weighted by molar-refractivity contribution is 0.0503. The molecule has 1 amide bonds. The Morgan fingerprint density at radius 1 is 1.08 bits per heavy atom. The van der Waals surface area contributed by atoms with Crippen LogP contribution in [-0.2, 0) is 17.8 Å². The van der Waals surface area contributed by atoms with Gasteiger partial charge in [-0.3, -0.25) is 0 Å². The van der Waals surface area contributed by atoms with Crippen LogP contribution in [0.2, 0.25) is 0 Å². The van der Waals surface area contributed by atoms with Crippen molar-refractivity contribution in [1.82, 2.24) is 5.32 Å². The minimum absolute atomic E-state index is 0.0294. The maximum Gasteiger partial charge on any atom is 0.408 e. The summed E-state index contributed by atoms with van der Waals surface area (Å²) in [5.41, 5.74) is 2.33. The Hall–Kier alpha value is -2.33. The van der Waals surface area contributed by atoms with E-state index in [0.717, 1.165) is 16.7 Å². The summed E-state index contributed by atoms with van der Waals surface area (Å²) in [6.07, 6.45) is 0.201. The first-order valence-corrected chi connectivity index (χ1v) is 8.10. The number of ether oxygens (including phenoxy) is 1. The first kappa shape index (κ1) is 18.0. The number of rotatable bonds is 5. The summed E-state index contributed by atoms with van der Waals surface area (Å²) in [4.78, 5) is 12.2. The molecule has 4 nitrogen and oxygen atoms in total. The van der Waals surface area contributed by atoms with Gasteiger partial charge in [-0.05, 0) is 43.9 Å². The Kier molecular flexibility index (Phi) is 5.99. The van der Waals surface area contributed by atoms with Gasteiger partial charge in [0.1, 0.15) is 5.60 Å². The van der Waals surface area contributed by atoms with E-state index < -0.39 is 11.7 Å². The van der Waals surface area contributed by atoms with Crippen molar-refractivity contribution in [3.8, 4) is 0 Å². The highest BCUT2D eigenvalue weighted by Crippen LogP contribution is 2.21. The smallest absolute Gasteiger partial charge is 0.408 e. The Morgan fingerprint density at radius 3 is 2.38 bits per heavy atom. The van der Waals surface area contributed by atoms with E-state index in [4.69, 9.17) is 4.74 Å². The van der Waals surface area contributed by atoms with Crippen LogP contribution in [0.3, 0.4) is 0 Å². The van der Waals surface area contributed by atoms with Gasteiger partial charge in [0.15, 0.2) is 0 Å². The topological polar surface area (TPSA) is 58.6 Å². The number of benzene rings is 2. The second kappa shape index (κ2) is 7.97. The molecule has 2 aromatic rings. The number of carbonyl (C=O) groups is 1. The molecule has 0 spiro atoms. The number of aliphatic hydroxyl groups is 1. The summed E-state index contributed by atoms with van der Waals surface area (Å²) in [6.45, 7) is 5.49. The molecular formula is C20H25NO3. The zero-order valence-corrected chi connectivity index (χ0v) is 14.5. The fourth-order valence-electron chi connectivity index (χ4n) is 2.46. The van der Waals surface area contributed by atoms with Gasteiger partial charge in [0, 0.05) is 0 Å². The highest BCUT2D eigenvalue weighted by molar-refractivity contribution is 5.68. The monoisotopic (exact) mass is 327 g/mol. The van der Waals surface area contributed by atoms with Crippen molar-refractivity contribution < 1.29 is 14.6 Å². The molecule has 1 unspecified atom stereocenters. The average Bonchev–Trinajstić information content (AvgIpc) is 2.53. The van der Waals surface area contributed by atoms with Crippen molar-refractivity contribution in [1.29, 1.82) is 0 Å². The highest BCUT2D eigenvalue weighted by Gasteiger charge is 2.21. The van der Waals surface area contributed by atoms with Crippen molar-refractivity contribution in [2.45, 2.75) is 45.4 Å². The largest absolute Gasteiger partial charge is 0.444 e. The molecule has 4 heteroatoms. The fraction of sp³-hybridized carbons (Fsp3) is 0.350. The summed E-state index contributed by atoms with van der Waals surface area (Å²) in [6, 6.07) is 17.3. The van der Waals surface area contributed by atoms with Crippen LogP contribution in [-0.4, -0.2) is 16.8 Å². The van der Waals surface area contributed by atoms with Crippen LogP contribution < -0.4 is 5.32 Å². The lowest BCUT2D eigenvalue weighted by atomic mass is 9.97. The van der Waals surface area contributed by atoms with Crippen molar-refractivity contribution in [3.63, 3.8) is 0 Å².